The van der Waals surface area contributed by atoms with Crippen molar-refractivity contribution in [3.05, 3.63) is 59.5 Å². The van der Waals surface area contributed by atoms with Gasteiger partial charge >= 0.3 is 0 Å². The maximum Gasteiger partial charge on any atom is 0.191 e. The first-order chi connectivity index (χ1) is 9.81. The molecule has 0 aliphatic rings. The van der Waals surface area contributed by atoms with Crippen molar-refractivity contribution in [1.29, 1.82) is 5.26 Å². The number of furan rings is 1. The van der Waals surface area contributed by atoms with Crippen LogP contribution in [0, 0.1) is 11.3 Å². The molecule has 5 heteroatoms. The Morgan fingerprint density at radius 1 is 1.25 bits per heavy atom. The molecule has 0 bridgehead atoms. The molecule has 2 aromatic rings. The molecule has 20 heavy (non-hydrogen) atoms. The number of guanidine groups is 1. The first kappa shape index (κ1) is 13.7. The van der Waals surface area contributed by atoms with E-state index < -0.39 is 0 Å². The lowest BCUT2D eigenvalue weighted by Gasteiger charge is -2.11. The highest BCUT2D eigenvalue weighted by molar-refractivity contribution is 5.79. The first-order valence-electron chi connectivity index (χ1n) is 6.28. The SMILES string of the molecule is CN=C(NCc1cccc(C#N)c1)NCc1ccco1. The fourth-order valence-electron chi connectivity index (χ4n) is 1.74. The molecule has 0 aliphatic carbocycles. The topological polar surface area (TPSA) is 73.3 Å². The molecule has 0 fully saturated rings. The van der Waals surface area contributed by atoms with Crippen LogP contribution in [0.15, 0.2) is 52.1 Å². The van der Waals surface area contributed by atoms with Crippen LogP contribution < -0.4 is 10.6 Å². The number of nitrogens with one attached hydrogen (secondary N) is 2. The summed E-state index contributed by atoms with van der Waals surface area (Å²) in [5.41, 5.74) is 1.69. The highest BCUT2D eigenvalue weighted by Gasteiger charge is 2.01. The fourth-order valence-corrected chi connectivity index (χ4v) is 1.74. The van der Waals surface area contributed by atoms with Crippen LogP contribution in [0.25, 0.3) is 0 Å². The Kier molecular flexibility index (Phi) is 4.79. The van der Waals surface area contributed by atoms with E-state index >= 15 is 0 Å². The minimum Gasteiger partial charge on any atom is -0.467 e. The van der Waals surface area contributed by atoms with Gasteiger partial charge in [0, 0.05) is 13.6 Å². The molecule has 1 aromatic heterocycles. The zero-order valence-corrected chi connectivity index (χ0v) is 11.3. The quantitative estimate of drug-likeness (QED) is 0.657. The van der Waals surface area contributed by atoms with Gasteiger partial charge in [-0.05, 0) is 29.8 Å². The first-order valence-corrected chi connectivity index (χ1v) is 6.28. The van der Waals surface area contributed by atoms with Gasteiger partial charge < -0.3 is 15.1 Å². The summed E-state index contributed by atoms with van der Waals surface area (Å²) < 4.78 is 5.24. The van der Waals surface area contributed by atoms with E-state index in [1.807, 2.05) is 30.3 Å². The molecule has 0 saturated carbocycles. The highest BCUT2D eigenvalue weighted by atomic mass is 16.3. The van der Waals surface area contributed by atoms with E-state index in [0.717, 1.165) is 11.3 Å². The molecule has 2 N–H and O–H groups in total. The molecular weight excluding hydrogens is 252 g/mol. The fraction of sp³-hybridized carbons (Fsp3) is 0.200. The van der Waals surface area contributed by atoms with Crippen molar-refractivity contribution < 1.29 is 4.42 Å². The van der Waals surface area contributed by atoms with Gasteiger partial charge in [-0.15, -0.1) is 0 Å². The van der Waals surface area contributed by atoms with Crippen molar-refractivity contribution in [3.63, 3.8) is 0 Å². The predicted octanol–water partition coefficient (Wildman–Crippen LogP) is 2.02. The van der Waals surface area contributed by atoms with Crippen LogP contribution in [-0.4, -0.2) is 13.0 Å². The summed E-state index contributed by atoms with van der Waals surface area (Å²) >= 11 is 0. The summed E-state index contributed by atoms with van der Waals surface area (Å²) in [4.78, 5) is 4.13. The maximum atomic E-state index is 8.86. The Bertz CT molecular complexity index is 611. The monoisotopic (exact) mass is 268 g/mol. The largest absolute Gasteiger partial charge is 0.467 e. The van der Waals surface area contributed by atoms with E-state index in [2.05, 4.69) is 21.7 Å². The zero-order valence-electron chi connectivity index (χ0n) is 11.3. The van der Waals surface area contributed by atoms with E-state index in [9.17, 15) is 0 Å². The average Bonchev–Trinajstić information content (AvgIpc) is 3.01. The van der Waals surface area contributed by atoms with Gasteiger partial charge in [-0.3, -0.25) is 4.99 Å². The second kappa shape index (κ2) is 7.00. The van der Waals surface area contributed by atoms with Gasteiger partial charge in [-0.2, -0.15) is 5.26 Å². The molecular formula is C15H16N4O. The highest BCUT2D eigenvalue weighted by Crippen LogP contribution is 2.03. The summed E-state index contributed by atoms with van der Waals surface area (Å²) in [7, 11) is 1.71. The van der Waals surface area contributed by atoms with Crippen molar-refractivity contribution >= 4 is 5.96 Å². The number of nitrogens with zero attached hydrogens (tertiary/aromatic N) is 2. The van der Waals surface area contributed by atoms with Crippen molar-refractivity contribution in [2.24, 2.45) is 4.99 Å². The smallest absolute Gasteiger partial charge is 0.191 e. The lowest BCUT2D eigenvalue weighted by atomic mass is 10.1. The van der Waals surface area contributed by atoms with Crippen molar-refractivity contribution in [1.82, 2.24) is 10.6 Å². The van der Waals surface area contributed by atoms with Gasteiger partial charge in [-0.25, -0.2) is 0 Å². The van der Waals surface area contributed by atoms with Crippen LogP contribution in [0.1, 0.15) is 16.9 Å². The summed E-state index contributed by atoms with van der Waals surface area (Å²) in [6.07, 6.45) is 1.64. The number of nitriles is 1. The van der Waals surface area contributed by atoms with Crippen molar-refractivity contribution in [2.45, 2.75) is 13.1 Å². The van der Waals surface area contributed by atoms with Crippen LogP contribution >= 0.6 is 0 Å². The normalized spacial score (nSPS) is 10.9. The van der Waals surface area contributed by atoms with E-state index in [4.69, 9.17) is 9.68 Å². The van der Waals surface area contributed by atoms with Crippen LogP contribution in [0.2, 0.25) is 0 Å². The summed E-state index contributed by atoms with van der Waals surface area (Å²) in [5.74, 6) is 1.53. The summed E-state index contributed by atoms with van der Waals surface area (Å²) in [5, 5.41) is 15.2. The molecule has 0 saturated heterocycles. The lowest BCUT2D eigenvalue weighted by Crippen LogP contribution is -2.36. The molecule has 0 unspecified atom stereocenters. The average molecular weight is 268 g/mol. The third-order valence-electron chi connectivity index (χ3n) is 2.75. The van der Waals surface area contributed by atoms with E-state index in [0.29, 0.717) is 24.6 Å². The Labute approximate surface area is 117 Å². The van der Waals surface area contributed by atoms with Crippen LogP contribution in [0.4, 0.5) is 0 Å². The Morgan fingerprint density at radius 3 is 2.80 bits per heavy atom. The standard InChI is InChI=1S/C15H16N4O/c1-17-15(19-11-14-6-3-7-20-14)18-10-13-5-2-4-12(8-13)9-16/h2-8H,10-11H2,1H3,(H2,17,18,19). The number of hydrogen-bond donors (Lipinski definition) is 2. The molecule has 1 heterocycles. The Morgan fingerprint density at radius 2 is 2.10 bits per heavy atom. The van der Waals surface area contributed by atoms with Crippen LogP contribution in [0.3, 0.4) is 0 Å². The molecule has 2 rings (SSSR count). The molecule has 0 spiro atoms. The Hall–Kier alpha value is -2.74. The zero-order chi connectivity index (χ0) is 14.2. The van der Waals surface area contributed by atoms with Gasteiger partial charge in [0.1, 0.15) is 5.76 Å². The molecule has 5 nitrogen and oxygen atoms in total. The molecule has 0 aliphatic heterocycles. The molecule has 0 amide bonds. The lowest BCUT2D eigenvalue weighted by molar-refractivity contribution is 0.501. The van der Waals surface area contributed by atoms with Gasteiger partial charge in [0.25, 0.3) is 0 Å². The van der Waals surface area contributed by atoms with Gasteiger partial charge in [0.2, 0.25) is 0 Å². The molecule has 102 valence electrons. The third kappa shape index (κ3) is 3.89. The van der Waals surface area contributed by atoms with Gasteiger partial charge in [0.15, 0.2) is 5.96 Å². The third-order valence-corrected chi connectivity index (χ3v) is 2.75. The predicted molar refractivity (Wildman–Crippen MR) is 76.9 cm³/mol. The number of benzene rings is 1. The maximum absolute atomic E-state index is 8.86. The minimum atomic E-state index is 0.574. The molecule has 0 radical (unpaired) electrons. The van der Waals surface area contributed by atoms with Gasteiger partial charge in [0.05, 0.1) is 24.4 Å². The van der Waals surface area contributed by atoms with Crippen molar-refractivity contribution in [3.8, 4) is 6.07 Å². The number of aliphatic imine (C=N–C) groups is 1. The second-order valence-corrected chi connectivity index (χ2v) is 4.17. The van der Waals surface area contributed by atoms with Crippen molar-refractivity contribution in [2.75, 3.05) is 7.05 Å². The van der Waals surface area contributed by atoms with E-state index in [1.165, 1.54) is 0 Å². The molecule has 0 atom stereocenters. The number of hydrogen-bond acceptors (Lipinski definition) is 3. The van der Waals surface area contributed by atoms with E-state index in [1.54, 1.807) is 19.4 Å². The minimum absolute atomic E-state index is 0.574. The van der Waals surface area contributed by atoms with Crippen LogP contribution in [0.5, 0.6) is 0 Å². The van der Waals surface area contributed by atoms with Crippen LogP contribution in [-0.2, 0) is 13.1 Å². The van der Waals surface area contributed by atoms with E-state index in [-0.39, 0.29) is 0 Å². The summed E-state index contributed by atoms with van der Waals surface area (Å²) in [6.45, 7) is 1.18. The second-order valence-electron chi connectivity index (χ2n) is 4.17. The van der Waals surface area contributed by atoms with Gasteiger partial charge in [-0.1, -0.05) is 12.1 Å². The summed E-state index contributed by atoms with van der Waals surface area (Å²) in [6, 6.07) is 13.3. The molecule has 1 aromatic carbocycles. The number of rotatable bonds is 4. The Balaban J connectivity index is 1.86.